The Morgan fingerprint density at radius 3 is 2.26 bits per heavy atom. The highest BCUT2D eigenvalue weighted by Gasteiger charge is 2.45. The van der Waals surface area contributed by atoms with Gasteiger partial charge in [0.15, 0.2) is 0 Å². The average molecular weight is 449 g/mol. The van der Waals surface area contributed by atoms with Crippen molar-refractivity contribution in [2.45, 2.75) is 90.3 Å². The van der Waals surface area contributed by atoms with Crippen LogP contribution in [0.2, 0.25) is 0 Å². The molecule has 1 aliphatic carbocycles. The van der Waals surface area contributed by atoms with E-state index in [2.05, 4.69) is 6.92 Å². The molecule has 1 saturated carbocycles. The number of rotatable bonds is 8. The van der Waals surface area contributed by atoms with Crippen molar-refractivity contribution >= 4 is 0 Å². The molecule has 1 aromatic carbocycles. The van der Waals surface area contributed by atoms with Gasteiger partial charge < -0.3 is 9.47 Å². The number of halogens is 5. The summed E-state index contributed by atoms with van der Waals surface area (Å²) in [5, 5.41) is 0. The highest BCUT2D eigenvalue weighted by molar-refractivity contribution is 5.41. The van der Waals surface area contributed by atoms with E-state index in [0.717, 1.165) is 31.7 Å². The Morgan fingerprint density at radius 1 is 1.03 bits per heavy atom. The van der Waals surface area contributed by atoms with E-state index < -0.39 is 41.7 Å². The van der Waals surface area contributed by atoms with Gasteiger partial charge in [0.05, 0.1) is 24.2 Å². The molecule has 1 aromatic rings. The van der Waals surface area contributed by atoms with Gasteiger partial charge in [0, 0.05) is 5.56 Å². The quantitative estimate of drug-likeness (QED) is 0.373. The maximum absolute atomic E-state index is 15.0. The molecule has 176 valence electrons. The van der Waals surface area contributed by atoms with Crippen molar-refractivity contribution in [3.63, 3.8) is 0 Å². The Labute approximate surface area is 181 Å². The van der Waals surface area contributed by atoms with Gasteiger partial charge in [0.25, 0.3) is 6.43 Å². The normalized spacial score (nSPS) is 27.5. The van der Waals surface area contributed by atoms with Crippen LogP contribution in [0.5, 0.6) is 5.75 Å². The molecule has 0 N–H and O–H groups in total. The highest BCUT2D eigenvalue weighted by atomic mass is 19.3. The van der Waals surface area contributed by atoms with Crippen molar-refractivity contribution < 1.29 is 31.4 Å². The van der Waals surface area contributed by atoms with Crippen molar-refractivity contribution in [2.75, 3.05) is 6.61 Å². The third-order valence-corrected chi connectivity index (χ3v) is 6.95. The molecule has 0 radical (unpaired) electrons. The Balaban J connectivity index is 1.76. The molecule has 0 bridgehead atoms. The first-order valence-corrected chi connectivity index (χ1v) is 11.6. The molecular formula is C24H33F5O2. The van der Waals surface area contributed by atoms with Gasteiger partial charge in [0.1, 0.15) is 11.6 Å². The smallest absolute Gasteiger partial charge is 0.400 e. The number of hydrogen-bond donors (Lipinski definition) is 0. The van der Waals surface area contributed by atoms with E-state index in [0.29, 0.717) is 37.7 Å². The van der Waals surface area contributed by atoms with Crippen LogP contribution in [0.25, 0.3) is 0 Å². The summed E-state index contributed by atoms with van der Waals surface area (Å²) in [7, 11) is 0. The second-order valence-electron chi connectivity index (χ2n) is 9.03. The van der Waals surface area contributed by atoms with E-state index in [4.69, 9.17) is 9.47 Å². The molecule has 0 amide bonds. The molecule has 2 atom stereocenters. The molecule has 3 rings (SSSR count). The fourth-order valence-electron chi connectivity index (χ4n) is 4.96. The number of ether oxygens (including phenoxy) is 2. The Bertz CT molecular complexity index is 708. The van der Waals surface area contributed by atoms with Crippen molar-refractivity contribution in [2.24, 2.45) is 17.8 Å². The first-order valence-electron chi connectivity index (χ1n) is 11.6. The van der Waals surface area contributed by atoms with Gasteiger partial charge in [0.2, 0.25) is 0 Å². The third kappa shape index (κ3) is 5.71. The van der Waals surface area contributed by atoms with Gasteiger partial charge in [-0.05, 0) is 68.9 Å². The predicted octanol–water partition coefficient (Wildman–Crippen LogP) is 8.22. The van der Waals surface area contributed by atoms with E-state index in [1.165, 1.54) is 6.07 Å². The summed E-state index contributed by atoms with van der Waals surface area (Å²) in [6.07, 6.45) is -1.39. The minimum atomic E-state index is -3.62. The Kier molecular flexibility index (Phi) is 8.22. The lowest BCUT2D eigenvalue weighted by atomic mass is 9.80. The zero-order chi connectivity index (χ0) is 22.6. The van der Waals surface area contributed by atoms with Crippen molar-refractivity contribution in [1.29, 1.82) is 0 Å². The zero-order valence-electron chi connectivity index (χ0n) is 18.3. The number of benzene rings is 1. The first-order chi connectivity index (χ1) is 14.8. The topological polar surface area (TPSA) is 18.5 Å². The lowest BCUT2D eigenvalue weighted by Gasteiger charge is -2.33. The van der Waals surface area contributed by atoms with Crippen LogP contribution in [0, 0.1) is 23.6 Å². The van der Waals surface area contributed by atoms with E-state index in [-0.39, 0.29) is 18.4 Å². The lowest BCUT2D eigenvalue weighted by molar-refractivity contribution is -0.224. The van der Waals surface area contributed by atoms with Crippen LogP contribution >= 0.6 is 0 Å². The van der Waals surface area contributed by atoms with Crippen LogP contribution in [-0.4, -0.2) is 12.7 Å². The van der Waals surface area contributed by atoms with Crippen LogP contribution in [0.1, 0.15) is 95.3 Å². The first kappa shape index (κ1) is 24.3. The molecule has 0 spiro atoms. The molecule has 1 heterocycles. The minimum absolute atomic E-state index is 0.00984. The molecule has 2 fully saturated rings. The van der Waals surface area contributed by atoms with Crippen LogP contribution in [0.4, 0.5) is 22.0 Å². The van der Waals surface area contributed by atoms with Crippen LogP contribution < -0.4 is 4.74 Å². The summed E-state index contributed by atoms with van der Waals surface area (Å²) >= 11 is 0. The van der Waals surface area contributed by atoms with E-state index in [1.807, 2.05) is 6.92 Å². The second-order valence-corrected chi connectivity index (χ2v) is 9.03. The zero-order valence-corrected chi connectivity index (χ0v) is 18.3. The molecule has 1 saturated heterocycles. The number of hydrogen-bond acceptors (Lipinski definition) is 2. The molecule has 2 nitrogen and oxygen atoms in total. The largest absolute Gasteiger partial charge is 0.432 e. The SMILES string of the molecule is CCCC1CCC(c2ccc(OC(F)(F)C3CCC(CC)CC3)c(C(F)F)c2F)OC1. The maximum atomic E-state index is 15.0. The fourth-order valence-corrected chi connectivity index (χ4v) is 4.96. The summed E-state index contributed by atoms with van der Waals surface area (Å²) < 4.78 is 82.5. The Hall–Kier alpha value is -1.37. The third-order valence-electron chi connectivity index (χ3n) is 6.95. The molecule has 2 unspecified atom stereocenters. The summed E-state index contributed by atoms with van der Waals surface area (Å²) in [6.45, 7) is 4.54. The summed E-state index contributed by atoms with van der Waals surface area (Å²) in [5.41, 5.74) is -1.11. The summed E-state index contributed by atoms with van der Waals surface area (Å²) in [6, 6.07) is 2.30. The van der Waals surface area contributed by atoms with Gasteiger partial charge >= 0.3 is 6.11 Å². The van der Waals surface area contributed by atoms with Crippen molar-refractivity contribution in [3.8, 4) is 5.75 Å². The maximum Gasteiger partial charge on any atom is 0.400 e. The Morgan fingerprint density at radius 2 is 1.71 bits per heavy atom. The van der Waals surface area contributed by atoms with Crippen molar-refractivity contribution in [3.05, 3.63) is 29.1 Å². The molecule has 2 aliphatic rings. The van der Waals surface area contributed by atoms with Crippen LogP contribution in [0.15, 0.2) is 12.1 Å². The van der Waals surface area contributed by atoms with Gasteiger partial charge in [-0.15, -0.1) is 0 Å². The van der Waals surface area contributed by atoms with Crippen LogP contribution in [-0.2, 0) is 4.74 Å². The number of alkyl halides is 4. The molecule has 7 heteroatoms. The minimum Gasteiger partial charge on any atom is -0.432 e. The monoisotopic (exact) mass is 448 g/mol. The second kappa shape index (κ2) is 10.5. The highest BCUT2D eigenvalue weighted by Crippen LogP contribution is 2.44. The van der Waals surface area contributed by atoms with Gasteiger partial charge in [-0.1, -0.05) is 26.7 Å². The molecular weight excluding hydrogens is 415 g/mol. The van der Waals surface area contributed by atoms with E-state index in [1.54, 1.807) is 0 Å². The molecule has 31 heavy (non-hydrogen) atoms. The average Bonchev–Trinajstić information content (AvgIpc) is 2.74. The van der Waals surface area contributed by atoms with Crippen LogP contribution in [0.3, 0.4) is 0 Å². The molecule has 0 aromatic heterocycles. The molecule has 1 aliphatic heterocycles. The lowest BCUT2D eigenvalue weighted by Crippen LogP contribution is -2.37. The standard InChI is InChI=1S/C24H33F5O2/c1-3-5-16-8-12-19(30-14-16)18-11-13-20(21(22(18)25)23(26)27)31-24(28,29)17-9-6-15(4-2)7-10-17/h11,13,15-17,19,23H,3-10,12,14H2,1-2H3. The van der Waals surface area contributed by atoms with Gasteiger partial charge in [-0.3, -0.25) is 0 Å². The van der Waals surface area contributed by atoms with Gasteiger partial charge in [-0.25, -0.2) is 13.2 Å². The van der Waals surface area contributed by atoms with Gasteiger partial charge in [-0.2, -0.15) is 8.78 Å². The fraction of sp³-hybridized carbons (Fsp3) is 0.750. The van der Waals surface area contributed by atoms with E-state index in [9.17, 15) is 17.6 Å². The van der Waals surface area contributed by atoms with Crippen molar-refractivity contribution in [1.82, 2.24) is 0 Å². The predicted molar refractivity (Wildman–Crippen MR) is 109 cm³/mol. The summed E-state index contributed by atoms with van der Waals surface area (Å²) in [5.74, 6) is -2.24. The summed E-state index contributed by atoms with van der Waals surface area (Å²) in [4.78, 5) is 0. The van der Waals surface area contributed by atoms with E-state index >= 15 is 4.39 Å².